The third-order valence-corrected chi connectivity index (χ3v) is 3.72. The van der Waals surface area contributed by atoms with E-state index in [4.69, 9.17) is 4.74 Å². The summed E-state index contributed by atoms with van der Waals surface area (Å²) in [7, 11) is 1.47. The molecule has 3 N–H and O–H groups in total. The highest BCUT2D eigenvalue weighted by atomic mass is 19.3. The Morgan fingerprint density at radius 2 is 2.12 bits per heavy atom. The molecular weight excluding hydrogens is 322 g/mol. The predicted molar refractivity (Wildman–Crippen MR) is 79.2 cm³/mol. The fourth-order valence-corrected chi connectivity index (χ4v) is 2.36. The number of aliphatic carboxylic acids is 1. The molecule has 9 heteroatoms. The first kappa shape index (κ1) is 18.1. The molecule has 2 rings (SSSR count). The lowest BCUT2D eigenvalue weighted by Crippen LogP contribution is -2.62. The van der Waals surface area contributed by atoms with E-state index in [1.165, 1.54) is 31.6 Å². The van der Waals surface area contributed by atoms with Crippen molar-refractivity contribution in [2.24, 2.45) is 0 Å². The minimum absolute atomic E-state index is 0.193. The van der Waals surface area contributed by atoms with Crippen LogP contribution in [0.2, 0.25) is 0 Å². The summed E-state index contributed by atoms with van der Waals surface area (Å²) in [6, 6.07) is 4.39. The molecule has 132 valence electrons. The highest BCUT2D eigenvalue weighted by molar-refractivity contribution is 5.77. The Bertz CT molecular complexity index is 590. The maximum atomic E-state index is 12.6. The van der Waals surface area contributed by atoms with Gasteiger partial charge in [-0.25, -0.2) is 8.78 Å². The van der Waals surface area contributed by atoms with E-state index < -0.39 is 24.3 Å². The molecule has 1 atom stereocenters. The molecule has 0 radical (unpaired) electrons. The normalized spacial score (nSPS) is 16.7. The second-order valence-corrected chi connectivity index (χ2v) is 5.31. The van der Waals surface area contributed by atoms with E-state index >= 15 is 0 Å². The fourth-order valence-electron chi connectivity index (χ4n) is 2.36. The molecule has 24 heavy (non-hydrogen) atoms. The van der Waals surface area contributed by atoms with Crippen molar-refractivity contribution in [1.29, 1.82) is 0 Å². The van der Waals surface area contributed by atoms with Crippen LogP contribution in [0.4, 0.5) is 8.78 Å². The van der Waals surface area contributed by atoms with Gasteiger partial charge in [-0.05, 0) is 25.0 Å². The summed E-state index contributed by atoms with van der Waals surface area (Å²) in [5.74, 6) is -1.27. The Labute approximate surface area is 138 Å². The second-order valence-electron chi connectivity index (χ2n) is 5.31. The van der Waals surface area contributed by atoms with E-state index in [2.05, 4.69) is 20.9 Å². The number of halogens is 2. The number of carbonyl (C=O) groups excluding carboxylic acids is 1. The van der Waals surface area contributed by atoms with Crippen molar-refractivity contribution in [2.75, 3.05) is 7.11 Å². The minimum atomic E-state index is -2.63. The van der Waals surface area contributed by atoms with Crippen LogP contribution in [0.5, 0.6) is 0 Å². The smallest absolute Gasteiger partial charge is 0.280 e. The number of alkyl halides is 2. The third-order valence-electron chi connectivity index (χ3n) is 3.72. The molecule has 1 aliphatic rings. The molecule has 1 aromatic heterocycles. The summed E-state index contributed by atoms with van der Waals surface area (Å²) in [5, 5.41) is 19.7. The summed E-state index contributed by atoms with van der Waals surface area (Å²) >= 11 is 0. The Balaban J connectivity index is 1.88. The summed E-state index contributed by atoms with van der Waals surface area (Å²) < 4.78 is 30.5. The molecule has 0 saturated heterocycles. The predicted octanol–water partition coefficient (Wildman–Crippen LogP) is -0.0283. The van der Waals surface area contributed by atoms with Crippen molar-refractivity contribution in [2.45, 2.75) is 37.7 Å². The summed E-state index contributed by atoms with van der Waals surface area (Å²) in [5.41, 5.74) is -1.21. The van der Waals surface area contributed by atoms with Gasteiger partial charge in [-0.3, -0.25) is 10.3 Å². The average molecular weight is 341 g/mol. The zero-order valence-electron chi connectivity index (χ0n) is 13.1. The van der Waals surface area contributed by atoms with Gasteiger partial charge in [-0.1, -0.05) is 6.07 Å². The molecule has 0 aromatic carbocycles. The molecule has 1 aliphatic heterocycles. The van der Waals surface area contributed by atoms with Gasteiger partial charge in [-0.15, -0.1) is 0 Å². The molecule has 0 bridgehead atoms. The van der Waals surface area contributed by atoms with Gasteiger partial charge in [-0.2, -0.15) is 0 Å². The standard InChI is InChI=1S/C15H20F2N4O3/c1-24-12(5-6-15(14(22)23)19-7-8-20-15)18-9-10-3-2-4-11(21-10)13(16)17/h2-4,7-8,12-13,18-20H,5-6,9H2,1H3,(H,22,23)/p-1. The molecule has 0 aliphatic carbocycles. The van der Waals surface area contributed by atoms with Crippen LogP contribution in [0.15, 0.2) is 30.6 Å². The Kier molecular flexibility index (Phi) is 6.04. The monoisotopic (exact) mass is 341 g/mol. The van der Waals surface area contributed by atoms with Gasteiger partial charge in [0.2, 0.25) is 0 Å². The Morgan fingerprint density at radius 1 is 1.42 bits per heavy atom. The number of ether oxygens (including phenoxy) is 1. The number of methoxy groups -OCH3 is 1. The molecule has 7 nitrogen and oxygen atoms in total. The van der Waals surface area contributed by atoms with Gasteiger partial charge in [0.15, 0.2) is 0 Å². The van der Waals surface area contributed by atoms with E-state index in [1.807, 2.05) is 0 Å². The number of hydrogen-bond acceptors (Lipinski definition) is 7. The maximum absolute atomic E-state index is 12.6. The van der Waals surface area contributed by atoms with Gasteiger partial charge in [0.05, 0.1) is 11.7 Å². The van der Waals surface area contributed by atoms with Gasteiger partial charge in [0.25, 0.3) is 6.43 Å². The maximum Gasteiger partial charge on any atom is 0.280 e. The number of rotatable bonds is 9. The lowest BCUT2D eigenvalue weighted by molar-refractivity contribution is -0.315. The largest absolute Gasteiger partial charge is 0.546 e. The van der Waals surface area contributed by atoms with E-state index in [1.54, 1.807) is 6.07 Å². The van der Waals surface area contributed by atoms with E-state index in [-0.39, 0.29) is 18.7 Å². The van der Waals surface area contributed by atoms with Crippen LogP contribution in [-0.2, 0) is 16.1 Å². The Morgan fingerprint density at radius 3 is 2.71 bits per heavy atom. The molecule has 1 aromatic rings. The van der Waals surface area contributed by atoms with Crippen LogP contribution in [-0.4, -0.2) is 30.0 Å². The van der Waals surface area contributed by atoms with Crippen LogP contribution in [0.3, 0.4) is 0 Å². The number of aromatic nitrogens is 1. The number of pyridine rings is 1. The third kappa shape index (κ3) is 4.39. The van der Waals surface area contributed by atoms with Crippen LogP contribution in [0, 0.1) is 0 Å². The zero-order valence-corrected chi connectivity index (χ0v) is 13.1. The molecular formula is C15H19F2N4O3-. The summed E-state index contributed by atoms with van der Waals surface area (Å²) in [6.45, 7) is 0.219. The zero-order chi connectivity index (χ0) is 17.6. The first-order valence-electron chi connectivity index (χ1n) is 7.39. The fraction of sp³-hybridized carbons (Fsp3) is 0.467. The van der Waals surface area contributed by atoms with Crippen LogP contribution in [0.25, 0.3) is 0 Å². The highest BCUT2D eigenvalue weighted by Crippen LogP contribution is 2.17. The first-order valence-corrected chi connectivity index (χ1v) is 7.39. The number of carboxylic acid groups (broad SMARTS) is 1. The molecule has 0 amide bonds. The number of carbonyl (C=O) groups is 1. The molecule has 0 fully saturated rings. The van der Waals surface area contributed by atoms with Crippen molar-refractivity contribution >= 4 is 5.97 Å². The molecule has 1 unspecified atom stereocenters. The highest BCUT2D eigenvalue weighted by Gasteiger charge is 2.32. The molecule has 0 saturated carbocycles. The van der Waals surface area contributed by atoms with Crippen molar-refractivity contribution in [1.82, 2.24) is 20.9 Å². The number of nitrogens with zero attached hydrogens (tertiary/aromatic N) is 1. The van der Waals surface area contributed by atoms with Crippen molar-refractivity contribution in [3.05, 3.63) is 42.0 Å². The minimum Gasteiger partial charge on any atom is -0.546 e. The molecule has 0 spiro atoms. The van der Waals surface area contributed by atoms with Gasteiger partial charge in [0.1, 0.15) is 17.6 Å². The van der Waals surface area contributed by atoms with Crippen molar-refractivity contribution in [3.8, 4) is 0 Å². The van der Waals surface area contributed by atoms with Crippen LogP contribution >= 0.6 is 0 Å². The summed E-state index contributed by atoms with van der Waals surface area (Å²) in [6.07, 6.45) is 0.426. The Hall–Kier alpha value is -2.26. The van der Waals surface area contributed by atoms with Gasteiger partial charge >= 0.3 is 0 Å². The average Bonchev–Trinajstić information content (AvgIpc) is 3.05. The lowest BCUT2D eigenvalue weighted by Gasteiger charge is -2.33. The van der Waals surface area contributed by atoms with E-state index in [0.29, 0.717) is 12.1 Å². The van der Waals surface area contributed by atoms with Crippen LogP contribution in [0.1, 0.15) is 30.7 Å². The summed E-state index contributed by atoms with van der Waals surface area (Å²) in [4.78, 5) is 15.1. The van der Waals surface area contributed by atoms with Crippen LogP contribution < -0.4 is 21.1 Å². The SMILES string of the molecule is COC(CCC1(C(=O)[O-])NC=CN1)NCc1cccc(C(F)F)n1. The first-order chi connectivity index (χ1) is 11.5. The second kappa shape index (κ2) is 8.02. The molecule has 2 heterocycles. The topological polar surface area (TPSA) is 98.3 Å². The number of nitrogens with one attached hydrogen (secondary N) is 3. The lowest BCUT2D eigenvalue weighted by atomic mass is 10.0. The van der Waals surface area contributed by atoms with Gasteiger partial charge in [0, 0.05) is 26.1 Å². The van der Waals surface area contributed by atoms with E-state index in [9.17, 15) is 18.7 Å². The number of carboxylic acids is 1. The van der Waals surface area contributed by atoms with E-state index in [0.717, 1.165) is 0 Å². The van der Waals surface area contributed by atoms with Crippen molar-refractivity contribution < 1.29 is 23.4 Å². The van der Waals surface area contributed by atoms with Crippen molar-refractivity contribution in [3.63, 3.8) is 0 Å². The quantitative estimate of drug-likeness (QED) is 0.543. The van der Waals surface area contributed by atoms with Gasteiger partial charge < -0.3 is 25.3 Å². The number of hydrogen-bond donors (Lipinski definition) is 3.